The van der Waals surface area contributed by atoms with Gasteiger partial charge in [0.2, 0.25) is 0 Å². The third kappa shape index (κ3) is 4.03. The lowest BCUT2D eigenvalue weighted by molar-refractivity contribution is 0.102. The highest BCUT2D eigenvalue weighted by atomic mass is 32.2. The van der Waals surface area contributed by atoms with Gasteiger partial charge in [-0.2, -0.15) is 5.10 Å². The molecule has 1 aliphatic rings. The second-order valence-corrected chi connectivity index (χ2v) is 8.60. The summed E-state index contributed by atoms with van der Waals surface area (Å²) in [6.45, 7) is 2.10. The van der Waals surface area contributed by atoms with Gasteiger partial charge in [0.25, 0.3) is 5.91 Å². The third-order valence-electron chi connectivity index (χ3n) is 4.22. The molecule has 1 aromatic heterocycles. The summed E-state index contributed by atoms with van der Waals surface area (Å²) in [6, 6.07) is 8.72. The van der Waals surface area contributed by atoms with Gasteiger partial charge in [-0.15, -0.1) is 0 Å². The van der Waals surface area contributed by atoms with Crippen LogP contribution in [0.4, 0.5) is 5.82 Å². The van der Waals surface area contributed by atoms with E-state index in [-0.39, 0.29) is 17.7 Å². The molecule has 1 aromatic carbocycles. The monoisotopic (exact) mass is 347 g/mol. The van der Waals surface area contributed by atoms with Crippen molar-refractivity contribution in [2.24, 2.45) is 5.92 Å². The highest BCUT2D eigenvalue weighted by molar-refractivity contribution is 7.89. The zero-order valence-corrected chi connectivity index (χ0v) is 14.6. The van der Waals surface area contributed by atoms with E-state index in [2.05, 4.69) is 17.3 Å². The van der Waals surface area contributed by atoms with Crippen molar-refractivity contribution in [3.05, 3.63) is 47.7 Å². The van der Waals surface area contributed by atoms with Crippen LogP contribution >= 0.6 is 0 Å². The molecule has 1 unspecified atom stereocenters. The van der Waals surface area contributed by atoms with Crippen LogP contribution in [0.25, 0.3) is 0 Å². The van der Waals surface area contributed by atoms with Gasteiger partial charge in [-0.1, -0.05) is 12.1 Å². The van der Waals surface area contributed by atoms with Crippen LogP contribution in [0.1, 0.15) is 41.7 Å². The Morgan fingerprint density at radius 1 is 1.38 bits per heavy atom. The largest absolute Gasteiger partial charge is 0.307 e. The Morgan fingerprint density at radius 2 is 2.12 bits per heavy atom. The number of benzene rings is 1. The van der Waals surface area contributed by atoms with Gasteiger partial charge in [-0.05, 0) is 43.4 Å². The maximum atomic E-state index is 12.5. The fraction of sp³-hybridized carbons (Fsp3) is 0.412. The van der Waals surface area contributed by atoms with Crippen LogP contribution in [0.5, 0.6) is 0 Å². The Kier molecular flexibility index (Phi) is 4.45. The summed E-state index contributed by atoms with van der Waals surface area (Å²) in [5.41, 5.74) is 1.04. The van der Waals surface area contributed by atoms with Gasteiger partial charge >= 0.3 is 0 Å². The van der Waals surface area contributed by atoms with E-state index >= 15 is 0 Å². The van der Waals surface area contributed by atoms with E-state index < -0.39 is 9.84 Å². The number of amides is 1. The molecule has 128 valence electrons. The zero-order chi connectivity index (χ0) is 17.3. The fourth-order valence-electron chi connectivity index (χ4n) is 2.81. The molecule has 0 radical (unpaired) electrons. The van der Waals surface area contributed by atoms with Gasteiger partial charge < -0.3 is 5.32 Å². The first kappa shape index (κ1) is 16.7. The highest BCUT2D eigenvalue weighted by Crippen LogP contribution is 2.40. The molecule has 0 spiro atoms. The Hall–Kier alpha value is -2.15. The average Bonchev–Trinajstić information content (AvgIpc) is 3.25. The number of nitrogens with zero attached hydrogens (tertiary/aromatic N) is 2. The summed E-state index contributed by atoms with van der Waals surface area (Å²) in [4.78, 5) is 12.5. The first-order valence-electron chi connectivity index (χ1n) is 7.95. The molecule has 3 rings (SSSR count). The van der Waals surface area contributed by atoms with E-state index in [1.807, 2.05) is 4.68 Å². The molecule has 24 heavy (non-hydrogen) atoms. The standard InChI is InChI=1S/C17H21N3O3S/c1-12(14-6-7-14)20-16(8-9-18-20)19-17(21)15-5-3-4-13(10-15)11-24(2,22)23/h3-5,8-10,12,14H,6-7,11H2,1-2H3,(H,19,21). The number of rotatable bonds is 6. The Morgan fingerprint density at radius 3 is 2.79 bits per heavy atom. The van der Waals surface area contributed by atoms with Crippen molar-refractivity contribution < 1.29 is 13.2 Å². The normalized spacial score (nSPS) is 15.9. The van der Waals surface area contributed by atoms with Crippen LogP contribution in [-0.4, -0.2) is 30.4 Å². The lowest BCUT2D eigenvalue weighted by atomic mass is 10.1. The molecule has 1 fully saturated rings. The topological polar surface area (TPSA) is 81.1 Å². The lowest BCUT2D eigenvalue weighted by Crippen LogP contribution is -2.18. The Labute approximate surface area is 141 Å². The molecule has 1 saturated carbocycles. The first-order valence-corrected chi connectivity index (χ1v) is 10.0. The lowest BCUT2D eigenvalue weighted by Gasteiger charge is -2.15. The maximum absolute atomic E-state index is 12.5. The van der Waals surface area contributed by atoms with Crippen LogP contribution in [0.3, 0.4) is 0 Å². The van der Waals surface area contributed by atoms with Crippen molar-refractivity contribution in [3.8, 4) is 0 Å². The molecule has 1 aliphatic carbocycles. The van der Waals surface area contributed by atoms with Crippen molar-refractivity contribution in [2.75, 3.05) is 11.6 Å². The Balaban J connectivity index is 1.76. The number of sulfone groups is 1. The Bertz CT molecular complexity index is 853. The molecule has 0 aliphatic heterocycles. The van der Waals surface area contributed by atoms with E-state index in [1.165, 1.54) is 19.1 Å². The predicted molar refractivity (Wildman–Crippen MR) is 92.6 cm³/mol. The van der Waals surface area contributed by atoms with Crippen LogP contribution in [0.15, 0.2) is 36.5 Å². The molecule has 7 heteroatoms. The van der Waals surface area contributed by atoms with Gasteiger partial charge in [-0.25, -0.2) is 13.1 Å². The molecule has 0 saturated heterocycles. The third-order valence-corrected chi connectivity index (χ3v) is 5.08. The van der Waals surface area contributed by atoms with Gasteiger partial charge in [0.05, 0.1) is 18.0 Å². The fourth-order valence-corrected chi connectivity index (χ4v) is 3.59. The van der Waals surface area contributed by atoms with Gasteiger partial charge in [-0.3, -0.25) is 4.79 Å². The minimum atomic E-state index is -3.14. The summed E-state index contributed by atoms with van der Waals surface area (Å²) >= 11 is 0. The van der Waals surface area contributed by atoms with Crippen molar-refractivity contribution in [2.45, 2.75) is 31.6 Å². The van der Waals surface area contributed by atoms with Crippen LogP contribution in [-0.2, 0) is 15.6 Å². The maximum Gasteiger partial charge on any atom is 0.256 e. The zero-order valence-electron chi connectivity index (χ0n) is 13.8. The molecule has 1 N–H and O–H groups in total. The summed E-state index contributed by atoms with van der Waals surface area (Å²) in [6.07, 6.45) is 5.25. The number of carbonyl (C=O) groups is 1. The first-order chi connectivity index (χ1) is 11.3. The molecule has 6 nitrogen and oxygen atoms in total. The van der Waals surface area contributed by atoms with Crippen molar-refractivity contribution in [3.63, 3.8) is 0 Å². The van der Waals surface area contributed by atoms with Crippen LogP contribution < -0.4 is 5.32 Å². The minimum Gasteiger partial charge on any atom is -0.307 e. The summed E-state index contributed by atoms with van der Waals surface area (Å²) in [5.74, 6) is 0.937. The number of aromatic nitrogens is 2. The molecule has 2 aromatic rings. The quantitative estimate of drug-likeness (QED) is 0.871. The summed E-state index contributed by atoms with van der Waals surface area (Å²) in [7, 11) is -3.14. The van der Waals surface area contributed by atoms with Gasteiger partial charge in [0, 0.05) is 17.9 Å². The van der Waals surface area contributed by atoms with Crippen molar-refractivity contribution in [1.29, 1.82) is 0 Å². The van der Waals surface area contributed by atoms with Gasteiger partial charge in [0.1, 0.15) is 5.82 Å². The number of carbonyl (C=O) groups excluding carboxylic acids is 1. The second kappa shape index (κ2) is 6.39. The van der Waals surface area contributed by atoms with E-state index in [1.54, 1.807) is 36.5 Å². The molecule has 1 heterocycles. The van der Waals surface area contributed by atoms with E-state index in [0.717, 1.165) is 0 Å². The van der Waals surface area contributed by atoms with E-state index in [9.17, 15) is 13.2 Å². The van der Waals surface area contributed by atoms with Crippen LogP contribution in [0.2, 0.25) is 0 Å². The minimum absolute atomic E-state index is 0.0786. The van der Waals surface area contributed by atoms with Crippen molar-refractivity contribution in [1.82, 2.24) is 9.78 Å². The van der Waals surface area contributed by atoms with E-state index in [0.29, 0.717) is 22.9 Å². The predicted octanol–water partition coefficient (Wildman–Crippen LogP) is 2.65. The second-order valence-electron chi connectivity index (χ2n) is 6.46. The molecular formula is C17H21N3O3S. The van der Waals surface area contributed by atoms with Gasteiger partial charge in [0.15, 0.2) is 9.84 Å². The van der Waals surface area contributed by atoms with Crippen LogP contribution in [0, 0.1) is 5.92 Å². The molecular weight excluding hydrogens is 326 g/mol. The average molecular weight is 347 g/mol. The molecule has 0 bridgehead atoms. The number of hydrogen-bond acceptors (Lipinski definition) is 4. The number of anilines is 1. The summed E-state index contributed by atoms with van der Waals surface area (Å²) in [5, 5.41) is 7.19. The highest BCUT2D eigenvalue weighted by Gasteiger charge is 2.30. The number of nitrogens with one attached hydrogen (secondary N) is 1. The summed E-state index contributed by atoms with van der Waals surface area (Å²) < 4.78 is 24.7. The SMILES string of the molecule is CC(C1CC1)n1nccc1NC(=O)c1cccc(CS(C)(=O)=O)c1. The van der Waals surface area contributed by atoms with Crippen molar-refractivity contribution >= 4 is 21.6 Å². The number of hydrogen-bond donors (Lipinski definition) is 1. The van der Waals surface area contributed by atoms with E-state index in [4.69, 9.17) is 0 Å². The molecule has 1 amide bonds. The smallest absolute Gasteiger partial charge is 0.256 e. The molecule has 1 atom stereocenters.